The zero-order chi connectivity index (χ0) is 14.4. The molecule has 5 N–H and O–H groups in total. The molecule has 0 bridgehead atoms. The molecule has 1 unspecified atom stereocenters. The third kappa shape index (κ3) is 3.85. The van der Waals surface area contributed by atoms with Gasteiger partial charge < -0.3 is 16.2 Å². The van der Waals surface area contributed by atoms with Gasteiger partial charge in [0.1, 0.15) is 11.5 Å². The number of anilines is 2. The van der Waals surface area contributed by atoms with Gasteiger partial charge in [-0.2, -0.15) is 0 Å². The molecule has 1 atom stereocenters. The second kappa shape index (κ2) is 6.98. The SMILES string of the molecule is CCCC(O)CNc1c(N)n(CCC)c(=O)[nH]c1=O. The van der Waals surface area contributed by atoms with Gasteiger partial charge in [0.15, 0.2) is 0 Å². The van der Waals surface area contributed by atoms with Gasteiger partial charge in [0.2, 0.25) is 0 Å². The normalized spacial score (nSPS) is 12.4. The molecule has 0 spiro atoms. The lowest BCUT2D eigenvalue weighted by atomic mass is 10.2. The summed E-state index contributed by atoms with van der Waals surface area (Å²) in [6, 6.07) is 0. The van der Waals surface area contributed by atoms with E-state index in [0.29, 0.717) is 13.0 Å². The predicted octanol–water partition coefficient (Wildman–Crippen LogP) is 0.102. The maximum absolute atomic E-state index is 11.7. The van der Waals surface area contributed by atoms with E-state index in [4.69, 9.17) is 5.73 Å². The van der Waals surface area contributed by atoms with Crippen molar-refractivity contribution in [2.75, 3.05) is 17.6 Å². The molecule has 0 aliphatic heterocycles. The first-order chi connectivity index (χ1) is 9.01. The molecular formula is C12H22N4O3. The molecule has 0 amide bonds. The lowest BCUT2D eigenvalue weighted by molar-refractivity contribution is 0.176. The lowest BCUT2D eigenvalue weighted by Gasteiger charge is -2.15. The van der Waals surface area contributed by atoms with Gasteiger partial charge in [-0.3, -0.25) is 14.3 Å². The molecule has 1 heterocycles. The molecule has 7 heteroatoms. The molecule has 1 rings (SSSR count). The molecule has 0 aliphatic carbocycles. The molecule has 0 radical (unpaired) electrons. The molecule has 1 aromatic heterocycles. The number of H-pyrrole nitrogens is 1. The van der Waals surface area contributed by atoms with Crippen LogP contribution in [0.2, 0.25) is 0 Å². The Bertz CT molecular complexity index is 521. The van der Waals surface area contributed by atoms with Crippen LogP contribution in [0.15, 0.2) is 9.59 Å². The highest BCUT2D eigenvalue weighted by molar-refractivity contribution is 5.60. The lowest BCUT2D eigenvalue weighted by Crippen LogP contribution is -2.35. The Kier molecular flexibility index (Phi) is 5.62. The maximum Gasteiger partial charge on any atom is 0.330 e. The number of aliphatic hydroxyl groups excluding tert-OH is 1. The van der Waals surface area contributed by atoms with Crippen LogP contribution < -0.4 is 22.3 Å². The highest BCUT2D eigenvalue weighted by Crippen LogP contribution is 2.10. The van der Waals surface area contributed by atoms with Gasteiger partial charge in [-0.25, -0.2) is 4.79 Å². The van der Waals surface area contributed by atoms with Crippen molar-refractivity contribution in [2.24, 2.45) is 0 Å². The van der Waals surface area contributed by atoms with E-state index < -0.39 is 17.4 Å². The van der Waals surface area contributed by atoms with Gasteiger partial charge in [-0.1, -0.05) is 20.3 Å². The first-order valence-corrected chi connectivity index (χ1v) is 6.55. The number of rotatable bonds is 7. The minimum Gasteiger partial charge on any atom is -0.391 e. The number of nitrogens with one attached hydrogen (secondary N) is 2. The Morgan fingerprint density at radius 2 is 2.05 bits per heavy atom. The number of aromatic amines is 1. The summed E-state index contributed by atoms with van der Waals surface area (Å²) in [6.07, 6.45) is 1.67. The highest BCUT2D eigenvalue weighted by atomic mass is 16.3. The molecule has 0 aromatic carbocycles. The second-order valence-electron chi connectivity index (χ2n) is 4.49. The maximum atomic E-state index is 11.7. The van der Waals surface area contributed by atoms with E-state index in [-0.39, 0.29) is 18.1 Å². The van der Waals surface area contributed by atoms with Gasteiger partial charge in [0.05, 0.1) is 6.10 Å². The van der Waals surface area contributed by atoms with Crippen molar-refractivity contribution in [3.05, 3.63) is 20.8 Å². The number of aliphatic hydroxyl groups is 1. The van der Waals surface area contributed by atoms with Crippen molar-refractivity contribution in [2.45, 2.75) is 45.8 Å². The molecule has 0 saturated heterocycles. The van der Waals surface area contributed by atoms with Crippen LogP contribution >= 0.6 is 0 Å². The summed E-state index contributed by atoms with van der Waals surface area (Å²) in [4.78, 5) is 25.5. The van der Waals surface area contributed by atoms with E-state index in [9.17, 15) is 14.7 Å². The first kappa shape index (κ1) is 15.3. The van der Waals surface area contributed by atoms with Crippen LogP contribution in [0, 0.1) is 0 Å². The first-order valence-electron chi connectivity index (χ1n) is 6.55. The van der Waals surface area contributed by atoms with E-state index >= 15 is 0 Å². The van der Waals surface area contributed by atoms with E-state index in [2.05, 4.69) is 10.3 Å². The van der Waals surface area contributed by atoms with Crippen LogP contribution in [0.3, 0.4) is 0 Å². The van der Waals surface area contributed by atoms with E-state index in [0.717, 1.165) is 12.8 Å². The van der Waals surface area contributed by atoms with Gasteiger partial charge >= 0.3 is 5.69 Å². The fraction of sp³-hybridized carbons (Fsp3) is 0.667. The topological polar surface area (TPSA) is 113 Å². The van der Waals surface area contributed by atoms with Crippen LogP contribution in [0.1, 0.15) is 33.1 Å². The Labute approximate surface area is 111 Å². The molecule has 1 aromatic rings. The number of aromatic nitrogens is 2. The average Bonchev–Trinajstić information content (AvgIpc) is 2.34. The molecule has 0 aliphatic rings. The summed E-state index contributed by atoms with van der Waals surface area (Å²) in [6.45, 7) is 4.54. The Morgan fingerprint density at radius 3 is 2.63 bits per heavy atom. The fourth-order valence-corrected chi connectivity index (χ4v) is 1.86. The monoisotopic (exact) mass is 270 g/mol. The molecule has 7 nitrogen and oxygen atoms in total. The third-order valence-corrected chi connectivity index (χ3v) is 2.82. The molecular weight excluding hydrogens is 248 g/mol. The Morgan fingerprint density at radius 1 is 1.37 bits per heavy atom. The number of hydrogen-bond donors (Lipinski definition) is 4. The van der Waals surface area contributed by atoms with Crippen LogP contribution in [0.4, 0.5) is 11.5 Å². The van der Waals surface area contributed by atoms with Gasteiger partial charge in [-0.15, -0.1) is 0 Å². The summed E-state index contributed by atoms with van der Waals surface area (Å²) >= 11 is 0. The van der Waals surface area contributed by atoms with Gasteiger partial charge in [-0.05, 0) is 12.8 Å². The van der Waals surface area contributed by atoms with Crippen molar-refractivity contribution in [1.82, 2.24) is 9.55 Å². The van der Waals surface area contributed by atoms with Crippen molar-refractivity contribution >= 4 is 11.5 Å². The quantitative estimate of drug-likeness (QED) is 0.561. The van der Waals surface area contributed by atoms with Crippen LogP contribution in [-0.4, -0.2) is 27.3 Å². The number of nitrogen functional groups attached to an aromatic ring is 1. The number of nitrogens with two attached hydrogens (primary N) is 1. The molecule has 0 fully saturated rings. The second-order valence-corrected chi connectivity index (χ2v) is 4.49. The predicted molar refractivity (Wildman–Crippen MR) is 75.4 cm³/mol. The zero-order valence-corrected chi connectivity index (χ0v) is 11.4. The van der Waals surface area contributed by atoms with Crippen molar-refractivity contribution in [3.63, 3.8) is 0 Å². The largest absolute Gasteiger partial charge is 0.391 e. The highest BCUT2D eigenvalue weighted by Gasteiger charge is 2.12. The van der Waals surface area contributed by atoms with Gasteiger partial charge in [0.25, 0.3) is 5.56 Å². The van der Waals surface area contributed by atoms with Crippen LogP contribution in [0.25, 0.3) is 0 Å². The summed E-state index contributed by atoms with van der Waals surface area (Å²) in [5, 5.41) is 12.4. The molecule has 108 valence electrons. The van der Waals surface area contributed by atoms with Crippen molar-refractivity contribution < 1.29 is 5.11 Å². The van der Waals surface area contributed by atoms with Crippen molar-refractivity contribution in [3.8, 4) is 0 Å². The minimum absolute atomic E-state index is 0.110. The Balaban J connectivity index is 2.97. The summed E-state index contributed by atoms with van der Waals surface area (Å²) in [5.41, 5.74) is 4.90. The number of nitrogens with zero attached hydrogens (tertiary/aromatic N) is 1. The van der Waals surface area contributed by atoms with E-state index in [1.165, 1.54) is 4.57 Å². The molecule has 19 heavy (non-hydrogen) atoms. The van der Waals surface area contributed by atoms with Crippen LogP contribution in [-0.2, 0) is 6.54 Å². The van der Waals surface area contributed by atoms with E-state index in [1.54, 1.807) is 0 Å². The Hall–Kier alpha value is -1.76. The summed E-state index contributed by atoms with van der Waals surface area (Å²) in [7, 11) is 0. The summed E-state index contributed by atoms with van der Waals surface area (Å²) in [5.74, 6) is 0.110. The third-order valence-electron chi connectivity index (χ3n) is 2.82. The van der Waals surface area contributed by atoms with Gasteiger partial charge in [0, 0.05) is 13.1 Å². The average molecular weight is 270 g/mol. The molecule has 0 saturated carbocycles. The zero-order valence-electron chi connectivity index (χ0n) is 11.4. The fourth-order valence-electron chi connectivity index (χ4n) is 1.86. The smallest absolute Gasteiger partial charge is 0.330 e. The van der Waals surface area contributed by atoms with E-state index in [1.807, 2.05) is 13.8 Å². The van der Waals surface area contributed by atoms with Crippen LogP contribution in [0.5, 0.6) is 0 Å². The minimum atomic E-state index is -0.557. The standard InChI is InChI=1S/C12H22N4O3/c1-3-5-8(17)7-14-9-10(13)16(6-4-2)12(19)15-11(9)18/h8,14,17H,3-7,13H2,1-2H3,(H,15,18,19). The summed E-state index contributed by atoms with van der Waals surface area (Å²) < 4.78 is 1.32. The van der Waals surface area contributed by atoms with Crippen molar-refractivity contribution in [1.29, 1.82) is 0 Å². The number of hydrogen-bond acceptors (Lipinski definition) is 5.